The summed E-state index contributed by atoms with van der Waals surface area (Å²) in [6, 6.07) is 5.98. The Morgan fingerprint density at radius 1 is 1.18 bits per heavy atom. The Hall–Kier alpha value is -1.90. The zero-order chi connectivity index (χ0) is 12.0. The van der Waals surface area contributed by atoms with Crippen LogP contribution in [0.1, 0.15) is 28.0 Å². The standard InChI is InChI=1S/C14H14N2O/c1-9-13(8-15-16(9)2)10-4-3-5-12-11(10)6-7-14(12)17/h3-5,8H,6-7H2,1-2H3. The van der Waals surface area contributed by atoms with Crippen LogP contribution in [-0.2, 0) is 13.5 Å². The first-order valence-corrected chi connectivity index (χ1v) is 5.82. The highest BCUT2D eigenvalue weighted by Gasteiger charge is 2.23. The maximum absolute atomic E-state index is 11.7. The van der Waals surface area contributed by atoms with E-state index in [2.05, 4.69) is 18.1 Å². The molecule has 0 saturated carbocycles. The molecule has 1 aliphatic carbocycles. The predicted octanol–water partition coefficient (Wildman–Crippen LogP) is 2.52. The molecule has 0 spiro atoms. The average molecular weight is 226 g/mol. The summed E-state index contributed by atoms with van der Waals surface area (Å²) in [6.07, 6.45) is 3.39. The van der Waals surface area contributed by atoms with E-state index in [1.807, 2.05) is 30.1 Å². The fourth-order valence-corrected chi connectivity index (χ4v) is 2.51. The van der Waals surface area contributed by atoms with Crippen LogP contribution in [0.25, 0.3) is 11.1 Å². The Morgan fingerprint density at radius 2 is 1.94 bits per heavy atom. The lowest BCUT2D eigenvalue weighted by Gasteiger charge is -2.07. The van der Waals surface area contributed by atoms with E-state index >= 15 is 0 Å². The second-order valence-electron chi connectivity index (χ2n) is 4.52. The maximum atomic E-state index is 11.7. The lowest BCUT2D eigenvalue weighted by molar-refractivity contribution is 0.0994. The Morgan fingerprint density at radius 3 is 2.65 bits per heavy atom. The molecule has 0 saturated heterocycles. The van der Waals surface area contributed by atoms with Crippen molar-refractivity contribution in [1.82, 2.24) is 9.78 Å². The van der Waals surface area contributed by atoms with Gasteiger partial charge in [0.05, 0.1) is 6.20 Å². The van der Waals surface area contributed by atoms with Gasteiger partial charge in [-0.2, -0.15) is 5.10 Å². The normalized spacial score (nSPS) is 14.1. The van der Waals surface area contributed by atoms with Gasteiger partial charge in [0.1, 0.15) is 0 Å². The van der Waals surface area contributed by atoms with Gasteiger partial charge in [-0.05, 0) is 24.5 Å². The van der Waals surface area contributed by atoms with Crippen LogP contribution < -0.4 is 0 Å². The number of ketones is 1. The SMILES string of the molecule is Cc1c(-c2cccc3c2CCC3=O)cnn1C. The molecule has 0 radical (unpaired) electrons. The van der Waals surface area contributed by atoms with E-state index < -0.39 is 0 Å². The highest BCUT2D eigenvalue weighted by molar-refractivity contribution is 6.02. The van der Waals surface area contributed by atoms with Crippen molar-refractivity contribution in [3.8, 4) is 11.1 Å². The van der Waals surface area contributed by atoms with Crippen LogP contribution in [-0.4, -0.2) is 15.6 Å². The van der Waals surface area contributed by atoms with E-state index in [9.17, 15) is 4.79 Å². The summed E-state index contributed by atoms with van der Waals surface area (Å²) in [5, 5.41) is 4.27. The lowest BCUT2D eigenvalue weighted by atomic mass is 9.97. The van der Waals surface area contributed by atoms with Gasteiger partial charge in [0.2, 0.25) is 0 Å². The van der Waals surface area contributed by atoms with E-state index in [0.717, 1.165) is 23.2 Å². The number of fused-ring (bicyclic) bond motifs is 1. The monoisotopic (exact) mass is 226 g/mol. The summed E-state index contributed by atoms with van der Waals surface area (Å²) < 4.78 is 1.87. The average Bonchev–Trinajstić information content (AvgIpc) is 2.86. The molecule has 1 aromatic heterocycles. The van der Waals surface area contributed by atoms with Gasteiger partial charge in [0.25, 0.3) is 0 Å². The number of benzene rings is 1. The number of aryl methyl sites for hydroxylation is 1. The predicted molar refractivity (Wildman–Crippen MR) is 66.0 cm³/mol. The molecule has 1 aliphatic rings. The number of nitrogens with zero attached hydrogens (tertiary/aromatic N) is 2. The van der Waals surface area contributed by atoms with Gasteiger partial charge in [-0.3, -0.25) is 9.48 Å². The molecule has 1 aromatic carbocycles. The van der Waals surface area contributed by atoms with Gasteiger partial charge in [0, 0.05) is 30.3 Å². The number of carbonyl (C=O) groups excluding carboxylic acids is 1. The number of rotatable bonds is 1. The van der Waals surface area contributed by atoms with Crippen LogP contribution in [0.5, 0.6) is 0 Å². The first-order chi connectivity index (χ1) is 8.18. The van der Waals surface area contributed by atoms with Crippen molar-refractivity contribution in [3.05, 3.63) is 41.2 Å². The molecule has 3 heteroatoms. The van der Waals surface area contributed by atoms with Gasteiger partial charge < -0.3 is 0 Å². The number of hydrogen-bond acceptors (Lipinski definition) is 2. The van der Waals surface area contributed by atoms with E-state index in [1.54, 1.807) is 0 Å². The zero-order valence-corrected chi connectivity index (χ0v) is 10.0. The van der Waals surface area contributed by atoms with E-state index in [0.29, 0.717) is 6.42 Å². The van der Waals surface area contributed by atoms with Crippen molar-refractivity contribution in [2.75, 3.05) is 0 Å². The van der Waals surface area contributed by atoms with Crippen LogP contribution in [0, 0.1) is 6.92 Å². The van der Waals surface area contributed by atoms with Crippen LogP contribution in [0.3, 0.4) is 0 Å². The molecule has 0 unspecified atom stereocenters. The molecule has 0 amide bonds. The molecule has 0 atom stereocenters. The third-order valence-corrected chi connectivity index (χ3v) is 3.60. The molecule has 3 nitrogen and oxygen atoms in total. The first-order valence-electron chi connectivity index (χ1n) is 5.82. The van der Waals surface area contributed by atoms with E-state index in [1.165, 1.54) is 11.1 Å². The van der Waals surface area contributed by atoms with Gasteiger partial charge in [-0.15, -0.1) is 0 Å². The molecule has 86 valence electrons. The molecule has 1 heterocycles. The number of carbonyl (C=O) groups is 1. The summed E-state index contributed by atoms with van der Waals surface area (Å²) in [6.45, 7) is 2.05. The second-order valence-corrected chi connectivity index (χ2v) is 4.52. The van der Waals surface area contributed by atoms with Gasteiger partial charge in [0.15, 0.2) is 5.78 Å². The Kier molecular flexibility index (Phi) is 2.15. The van der Waals surface area contributed by atoms with Crippen LogP contribution in [0.2, 0.25) is 0 Å². The van der Waals surface area contributed by atoms with Crippen molar-refractivity contribution in [2.24, 2.45) is 7.05 Å². The van der Waals surface area contributed by atoms with Crippen LogP contribution in [0.4, 0.5) is 0 Å². The number of hydrogen-bond donors (Lipinski definition) is 0. The minimum atomic E-state index is 0.267. The van der Waals surface area contributed by atoms with Gasteiger partial charge in [-0.25, -0.2) is 0 Å². The second kappa shape index (κ2) is 3.55. The van der Waals surface area contributed by atoms with Crippen LogP contribution in [0.15, 0.2) is 24.4 Å². The summed E-state index contributed by atoms with van der Waals surface area (Å²) in [5.41, 5.74) is 5.52. The van der Waals surface area contributed by atoms with Crippen molar-refractivity contribution >= 4 is 5.78 Å². The largest absolute Gasteiger partial charge is 0.294 e. The fourth-order valence-electron chi connectivity index (χ4n) is 2.51. The third kappa shape index (κ3) is 1.42. The van der Waals surface area contributed by atoms with Gasteiger partial charge >= 0.3 is 0 Å². The fraction of sp³-hybridized carbons (Fsp3) is 0.286. The maximum Gasteiger partial charge on any atom is 0.163 e. The minimum Gasteiger partial charge on any atom is -0.294 e. The summed E-state index contributed by atoms with van der Waals surface area (Å²) >= 11 is 0. The highest BCUT2D eigenvalue weighted by atomic mass is 16.1. The van der Waals surface area contributed by atoms with Crippen molar-refractivity contribution in [1.29, 1.82) is 0 Å². The quantitative estimate of drug-likeness (QED) is 0.749. The molecular formula is C14H14N2O. The lowest BCUT2D eigenvalue weighted by Crippen LogP contribution is -1.95. The molecule has 17 heavy (non-hydrogen) atoms. The highest BCUT2D eigenvalue weighted by Crippen LogP contribution is 2.33. The molecule has 2 aromatic rings. The summed E-state index contributed by atoms with van der Waals surface area (Å²) in [5.74, 6) is 0.267. The zero-order valence-electron chi connectivity index (χ0n) is 10.0. The Labute approximate surface area is 100 Å². The van der Waals surface area contributed by atoms with Crippen molar-refractivity contribution < 1.29 is 4.79 Å². The van der Waals surface area contributed by atoms with E-state index in [4.69, 9.17) is 0 Å². The molecule has 0 N–H and O–H groups in total. The first kappa shape index (κ1) is 10.3. The summed E-state index contributed by atoms with van der Waals surface area (Å²) in [7, 11) is 1.94. The molecule has 0 aliphatic heterocycles. The Balaban J connectivity index is 2.23. The third-order valence-electron chi connectivity index (χ3n) is 3.60. The van der Waals surface area contributed by atoms with Gasteiger partial charge in [-0.1, -0.05) is 18.2 Å². The number of Topliss-reactive ketones (excluding diaryl/α,β-unsaturated/α-hetero) is 1. The number of aromatic nitrogens is 2. The molecular weight excluding hydrogens is 212 g/mol. The topological polar surface area (TPSA) is 34.9 Å². The molecule has 0 fully saturated rings. The van der Waals surface area contributed by atoms with Crippen LogP contribution >= 0.6 is 0 Å². The van der Waals surface area contributed by atoms with Crippen molar-refractivity contribution in [2.45, 2.75) is 19.8 Å². The summed E-state index contributed by atoms with van der Waals surface area (Å²) in [4.78, 5) is 11.7. The van der Waals surface area contributed by atoms with Crippen molar-refractivity contribution in [3.63, 3.8) is 0 Å². The molecule has 3 rings (SSSR count). The molecule has 0 bridgehead atoms. The Bertz CT molecular complexity index is 611. The minimum absolute atomic E-state index is 0.267. The smallest absolute Gasteiger partial charge is 0.163 e. The van der Waals surface area contributed by atoms with E-state index in [-0.39, 0.29) is 5.78 Å².